The van der Waals surface area contributed by atoms with Crippen LogP contribution in [-0.2, 0) is 6.42 Å². The van der Waals surface area contributed by atoms with E-state index in [-0.39, 0.29) is 5.82 Å². The van der Waals surface area contributed by atoms with Gasteiger partial charge in [-0.3, -0.25) is 0 Å². The summed E-state index contributed by atoms with van der Waals surface area (Å²) in [4.78, 5) is 0.824. The highest BCUT2D eigenvalue weighted by Gasteiger charge is 2.09. The molecule has 2 rings (SSSR count). The summed E-state index contributed by atoms with van der Waals surface area (Å²) < 4.78 is 19.1. The number of aliphatic hydroxyl groups is 1. The van der Waals surface area contributed by atoms with E-state index in [0.29, 0.717) is 12.2 Å². The molecule has 0 fully saturated rings. The second-order valence-electron chi connectivity index (χ2n) is 4.60. The van der Waals surface area contributed by atoms with Crippen LogP contribution in [0.2, 0.25) is 0 Å². The van der Waals surface area contributed by atoms with Gasteiger partial charge in [0.05, 0.1) is 17.7 Å². The number of hydrogen-bond donors (Lipinski definition) is 1. The smallest absolute Gasteiger partial charge is 0.133 e. The number of ether oxygens (including phenoxy) is 1. The molecule has 2 nitrogen and oxygen atoms in total. The zero-order valence-electron chi connectivity index (χ0n) is 11.6. The molecule has 0 bridgehead atoms. The van der Waals surface area contributed by atoms with E-state index >= 15 is 0 Å². The molecule has 1 atom stereocenters. The van der Waals surface area contributed by atoms with Crippen LogP contribution in [0, 0.1) is 5.82 Å². The van der Waals surface area contributed by atoms with Crippen LogP contribution in [0.15, 0.2) is 51.8 Å². The quantitative estimate of drug-likeness (QED) is 0.769. The van der Waals surface area contributed by atoms with Gasteiger partial charge in [0.25, 0.3) is 0 Å². The lowest BCUT2D eigenvalue weighted by atomic mass is 10.1. The van der Waals surface area contributed by atoms with Crippen LogP contribution in [0.25, 0.3) is 0 Å². The molecule has 2 aromatic carbocycles. The first-order valence-corrected chi connectivity index (χ1v) is 8.25. The first kappa shape index (κ1) is 16.3. The average molecular weight is 371 g/mol. The summed E-state index contributed by atoms with van der Waals surface area (Å²) >= 11 is 4.87. The van der Waals surface area contributed by atoms with E-state index in [0.717, 1.165) is 20.7 Å². The Hall–Kier alpha value is -1.04. The van der Waals surface area contributed by atoms with Gasteiger partial charge in [0.15, 0.2) is 0 Å². The minimum Gasteiger partial charge on any atom is -0.496 e. The highest BCUT2D eigenvalue weighted by atomic mass is 79.9. The molecule has 0 radical (unpaired) electrons. The summed E-state index contributed by atoms with van der Waals surface area (Å²) in [5, 5.41) is 10.1. The van der Waals surface area contributed by atoms with Crippen molar-refractivity contribution in [2.45, 2.75) is 17.4 Å². The Morgan fingerprint density at radius 2 is 2.10 bits per heavy atom. The van der Waals surface area contributed by atoms with Gasteiger partial charge in [-0.25, -0.2) is 4.39 Å². The Morgan fingerprint density at radius 3 is 2.76 bits per heavy atom. The fourth-order valence-corrected chi connectivity index (χ4v) is 3.38. The fraction of sp³-hybridized carbons (Fsp3) is 0.250. The summed E-state index contributed by atoms with van der Waals surface area (Å²) in [6.45, 7) is 0. The SMILES string of the molecule is COc1ccc(CC(O)CSc2cccc(F)c2)cc1Br. The third-order valence-electron chi connectivity index (χ3n) is 2.93. The standard InChI is InChI=1S/C16H16BrFO2S/c1-20-16-6-5-11(8-15(16)17)7-13(19)10-21-14-4-2-3-12(18)9-14/h2-6,8-9,13,19H,7,10H2,1H3. The molecule has 112 valence electrons. The van der Waals surface area contributed by atoms with E-state index in [4.69, 9.17) is 4.74 Å². The minimum absolute atomic E-state index is 0.256. The molecule has 0 aliphatic heterocycles. The van der Waals surface area contributed by atoms with Crippen molar-refractivity contribution in [1.29, 1.82) is 0 Å². The van der Waals surface area contributed by atoms with Gasteiger partial charge in [-0.15, -0.1) is 11.8 Å². The lowest BCUT2D eigenvalue weighted by Gasteiger charge is -2.12. The number of thioether (sulfide) groups is 1. The zero-order valence-corrected chi connectivity index (χ0v) is 14.0. The summed E-state index contributed by atoms with van der Waals surface area (Å²) in [7, 11) is 1.62. The van der Waals surface area contributed by atoms with Crippen LogP contribution < -0.4 is 4.74 Å². The van der Waals surface area contributed by atoms with Gasteiger partial charge in [0.2, 0.25) is 0 Å². The highest BCUT2D eigenvalue weighted by molar-refractivity contribution is 9.10. The molecular formula is C16H16BrFO2S. The van der Waals surface area contributed by atoms with Crippen LogP contribution in [-0.4, -0.2) is 24.1 Å². The van der Waals surface area contributed by atoms with E-state index in [2.05, 4.69) is 15.9 Å². The zero-order chi connectivity index (χ0) is 15.2. The van der Waals surface area contributed by atoms with Crippen molar-refractivity contribution in [3.05, 3.63) is 58.3 Å². The van der Waals surface area contributed by atoms with Crippen molar-refractivity contribution in [2.75, 3.05) is 12.9 Å². The predicted molar refractivity (Wildman–Crippen MR) is 87.5 cm³/mol. The number of benzene rings is 2. The minimum atomic E-state index is -0.487. The number of halogens is 2. The van der Waals surface area contributed by atoms with Crippen molar-refractivity contribution in [2.24, 2.45) is 0 Å². The van der Waals surface area contributed by atoms with E-state index in [1.165, 1.54) is 23.9 Å². The maximum Gasteiger partial charge on any atom is 0.133 e. The first-order valence-electron chi connectivity index (χ1n) is 6.47. The fourth-order valence-electron chi connectivity index (χ4n) is 1.92. The summed E-state index contributed by atoms with van der Waals surface area (Å²) in [6, 6.07) is 12.1. The van der Waals surface area contributed by atoms with Gasteiger partial charge in [0, 0.05) is 10.6 Å². The average Bonchev–Trinajstić information content (AvgIpc) is 2.45. The number of aliphatic hydroxyl groups excluding tert-OH is 1. The Balaban J connectivity index is 1.89. The molecule has 0 amide bonds. The maximum atomic E-state index is 13.1. The Morgan fingerprint density at radius 1 is 1.29 bits per heavy atom. The molecule has 2 aromatic rings. The maximum absolute atomic E-state index is 13.1. The molecule has 0 spiro atoms. The molecule has 1 unspecified atom stereocenters. The van der Waals surface area contributed by atoms with E-state index < -0.39 is 6.10 Å². The molecular weight excluding hydrogens is 355 g/mol. The van der Waals surface area contributed by atoms with E-state index in [1.807, 2.05) is 24.3 Å². The van der Waals surface area contributed by atoms with Crippen molar-refractivity contribution >= 4 is 27.7 Å². The van der Waals surface area contributed by atoms with Crippen LogP contribution in [0.1, 0.15) is 5.56 Å². The van der Waals surface area contributed by atoms with Crippen molar-refractivity contribution in [1.82, 2.24) is 0 Å². The number of hydrogen-bond acceptors (Lipinski definition) is 3. The summed E-state index contributed by atoms with van der Waals surface area (Å²) in [6.07, 6.45) is 0.0591. The van der Waals surface area contributed by atoms with Gasteiger partial charge in [-0.05, 0) is 58.2 Å². The molecule has 5 heteroatoms. The van der Waals surface area contributed by atoms with Crippen LogP contribution in [0.5, 0.6) is 5.75 Å². The monoisotopic (exact) mass is 370 g/mol. The molecule has 0 saturated heterocycles. The largest absolute Gasteiger partial charge is 0.496 e. The van der Waals surface area contributed by atoms with Crippen molar-refractivity contribution in [3.63, 3.8) is 0 Å². The highest BCUT2D eigenvalue weighted by Crippen LogP contribution is 2.27. The number of rotatable bonds is 6. The van der Waals surface area contributed by atoms with Gasteiger partial charge >= 0.3 is 0 Å². The Kier molecular flexibility index (Phi) is 6.08. The molecule has 0 aliphatic carbocycles. The molecule has 0 aromatic heterocycles. The summed E-state index contributed by atoms with van der Waals surface area (Å²) in [5.74, 6) is 1.03. The second kappa shape index (κ2) is 7.82. The van der Waals surface area contributed by atoms with Gasteiger partial charge in [-0.2, -0.15) is 0 Å². The van der Waals surface area contributed by atoms with Gasteiger partial charge in [-0.1, -0.05) is 12.1 Å². The van der Waals surface area contributed by atoms with Crippen molar-refractivity contribution < 1.29 is 14.2 Å². The molecule has 1 N–H and O–H groups in total. The third-order valence-corrected chi connectivity index (χ3v) is 4.68. The van der Waals surface area contributed by atoms with E-state index in [9.17, 15) is 9.50 Å². The first-order chi connectivity index (χ1) is 10.1. The van der Waals surface area contributed by atoms with Gasteiger partial charge < -0.3 is 9.84 Å². The van der Waals surface area contributed by atoms with Gasteiger partial charge in [0.1, 0.15) is 11.6 Å². The van der Waals surface area contributed by atoms with Crippen LogP contribution in [0.4, 0.5) is 4.39 Å². The third kappa shape index (κ3) is 5.02. The Labute approximate surface area is 136 Å². The van der Waals surface area contributed by atoms with Crippen LogP contribution in [0.3, 0.4) is 0 Å². The molecule has 0 saturated carbocycles. The van der Waals surface area contributed by atoms with Crippen LogP contribution >= 0.6 is 27.7 Å². The number of methoxy groups -OCH3 is 1. The lowest BCUT2D eigenvalue weighted by Crippen LogP contribution is -2.13. The molecule has 0 heterocycles. The Bertz CT molecular complexity index is 607. The predicted octanol–water partition coefficient (Wildman–Crippen LogP) is 4.29. The topological polar surface area (TPSA) is 29.5 Å². The lowest BCUT2D eigenvalue weighted by molar-refractivity contribution is 0.200. The molecule has 21 heavy (non-hydrogen) atoms. The molecule has 0 aliphatic rings. The normalized spacial score (nSPS) is 12.2. The van der Waals surface area contributed by atoms with E-state index in [1.54, 1.807) is 13.2 Å². The summed E-state index contributed by atoms with van der Waals surface area (Å²) in [5.41, 5.74) is 1.02. The second-order valence-corrected chi connectivity index (χ2v) is 6.54. The van der Waals surface area contributed by atoms with Crippen molar-refractivity contribution in [3.8, 4) is 5.75 Å².